The van der Waals surface area contributed by atoms with Gasteiger partial charge in [0, 0.05) is 30.7 Å². The Balaban J connectivity index is 1.68. The highest BCUT2D eigenvalue weighted by molar-refractivity contribution is 7.10. The predicted octanol–water partition coefficient (Wildman–Crippen LogP) is 2.63. The summed E-state index contributed by atoms with van der Waals surface area (Å²) in [5.41, 5.74) is 0.769. The third kappa shape index (κ3) is 4.11. The second-order valence-electron chi connectivity index (χ2n) is 5.76. The Labute approximate surface area is 148 Å². The molecule has 130 valence electrons. The molecule has 1 aliphatic heterocycles. The molecular formula is C18H17FN2O3S. The zero-order valence-electron chi connectivity index (χ0n) is 13.4. The highest BCUT2D eigenvalue weighted by Gasteiger charge is 2.29. The topological polar surface area (TPSA) is 66.5 Å². The van der Waals surface area contributed by atoms with Gasteiger partial charge in [-0.1, -0.05) is 18.2 Å². The number of hydrogen-bond donors (Lipinski definition) is 1. The minimum atomic E-state index is -0.391. The van der Waals surface area contributed by atoms with Crippen molar-refractivity contribution in [2.75, 3.05) is 6.54 Å². The Kier molecular flexibility index (Phi) is 5.23. The first-order valence-electron chi connectivity index (χ1n) is 7.96. The van der Waals surface area contributed by atoms with Crippen molar-refractivity contribution < 1.29 is 18.8 Å². The van der Waals surface area contributed by atoms with Crippen LogP contribution in [0.1, 0.15) is 35.7 Å². The number of hydrogen-bond acceptors (Lipinski definition) is 4. The molecular weight excluding hydrogens is 343 g/mol. The van der Waals surface area contributed by atoms with Crippen LogP contribution in [0.3, 0.4) is 0 Å². The van der Waals surface area contributed by atoms with E-state index in [9.17, 15) is 18.8 Å². The minimum Gasteiger partial charge on any atom is -0.344 e. The number of likely N-dealkylation sites (tertiary alicyclic amines) is 1. The maximum Gasteiger partial charge on any atom is 0.229 e. The number of carbonyl (C=O) groups excluding carboxylic acids is 3. The van der Waals surface area contributed by atoms with Gasteiger partial charge < -0.3 is 5.32 Å². The van der Waals surface area contributed by atoms with Gasteiger partial charge in [-0.2, -0.15) is 0 Å². The zero-order valence-corrected chi connectivity index (χ0v) is 14.2. The van der Waals surface area contributed by atoms with Crippen LogP contribution in [0.4, 0.5) is 4.39 Å². The van der Waals surface area contributed by atoms with Crippen LogP contribution in [0.2, 0.25) is 0 Å². The van der Waals surface area contributed by atoms with E-state index in [1.54, 1.807) is 12.1 Å². The summed E-state index contributed by atoms with van der Waals surface area (Å²) in [6.45, 7) is 0.0874. The molecule has 1 saturated heterocycles. The third-order valence-corrected chi connectivity index (χ3v) is 4.99. The van der Waals surface area contributed by atoms with E-state index in [1.807, 2.05) is 17.5 Å². The molecule has 1 unspecified atom stereocenters. The summed E-state index contributed by atoms with van der Waals surface area (Å²) in [7, 11) is 0. The number of carbonyl (C=O) groups is 3. The van der Waals surface area contributed by atoms with E-state index in [1.165, 1.54) is 23.5 Å². The Bertz CT molecular complexity index is 758. The van der Waals surface area contributed by atoms with Crippen LogP contribution in [0, 0.1) is 5.82 Å². The lowest BCUT2D eigenvalue weighted by Gasteiger charge is -2.19. The quantitative estimate of drug-likeness (QED) is 0.806. The number of imide groups is 1. The largest absolute Gasteiger partial charge is 0.344 e. The van der Waals surface area contributed by atoms with Crippen molar-refractivity contribution in [2.45, 2.75) is 25.3 Å². The summed E-state index contributed by atoms with van der Waals surface area (Å²) in [5.74, 6) is -1.07. The molecule has 3 rings (SSSR count). The summed E-state index contributed by atoms with van der Waals surface area (Å²) in [6, 6.07) is 9.35. The first-order chi connectivity index (χ1) is 12.0. The SMILES string of the molecule is O=C(CCN1C(=O)CCC1=O)NC(c1ccc(F)cc1)c1cccs1. The average Bonchev–Trinajstić information content (AvgIpc) is 3.23. The molecule has 0 aliphatic carbocycles. The predicted molar refractivity (Wildman–Crippen MR) is 91.3 cm³/mol. The van der Waals surface area contributed by atoms with Crippen LogP contribution in [-0.4, -0.2) is 29.2 Å². The Morgan fingerprint density at radius 2 is 1.84 bits per heavy atom. The number of benzene rings is 1. The fraction of sp³-hybridized carbons (Fsp3) is 0.278. The maximum absolute atomic E-state index is 13.2. The van der Waals surface area contributed by atoms with Gasteiger partial charge in [-0.15, -0.1) is 11.3 Å². The number of rotatable bonds is 6. The minimum absolute atomic E-state index is 0.0422. The number of amides is 3. The van der Waals surface area contributed by atoms with E-state index < -0.39 is 6.04 Å². The molecule has 0 spiro atoms. The number of nitrogens with one attached hydrogen (secondary N) is 1. The highest BCUT2D eigenvalue weighted by Crippen LogP contribution is 2.26. The van der Waals surface area contributed by atoms with Gasteiger partial charge in [0.15, 0.2) is 0 Å². The van der Waals surface area contributed by atoms with E-state index in [0.29, 0.717) is 0 Å². The molecule has 1 fully saturated rings. The van der Waals surface area contributed by atoms with E-state index in [4.69, 9.17) is 0 Å². The fourth-order valence-corrected chi connectivity index (χ4v) is 3.55. The summed E-state index contributed by atoms with van der Waals surface area (Å²) in [4.78, 5) is 37.6. The van der Waals surface area contributed by atoms with Gasteiger partial charge in [0.2, 0.25) is 17.7 Å². The van der Waals surface area contributed by atoms with E-state index in [0.717, 1.165) is 15.3 Å². The molecule has 3 amide bonds. The normalized spacial score (nSPS) is 15.5. The van der Waals surface area contributed by atoms with Crippen molar-refractivity contribution in [3.05, 3.63) is 58.0 Å². The summed E-state index contributed by atoms with van der Waals surface area (Å²) in [6.07, 6.45) is 0.474. The highest BCUT2D eigenvalue weighted by atomic mass is 32.1. The Hall–Kier alpha value is -2.54. The molecule has 1 N–H and O–H groups in total. The third-order valence-electron chi connectivity index (χ3n) is 4.05. The molecule has 0 bridgehead atoms. The molecule has 7 heteroatoms. The van der Waals surface area contributed by atoms with Gasteiger partial charge in [0.05, 0.1) is 6.04 Å². The molecule has 1 aliphatic rings. The van der Waals surface area contributed by atoms with Crippen LogP contribution in [-0.2, 0) is 14.4 Å². The first-order valence-corrected chi connectivity index (χ1v) is 8.84. The lowest BCUT2D eigenvalue weighted by atomic mass is 10.0. The van der Waals surface area contributed by atoms with Crippen molar-refractivity contribution in [2.24, 2.45) is 0 Å². The Morgan fingerprint density at radius 1 is 1.16 bits per heavy atom. The molecule has 0 saturated carbocycles. The van der Waals surface area contributed by atoms with Crippen LogP contribution in [0.25, 0.3) is 0 Å². The van der Waals surface area contributed by atoms with Crippen LogP contribution in [0.15, 0.2) is 41.8 Å². The van der Waals surface area contributed by atoms with Crippen molar-refractivity contribution in [3.63, 3.8) is 0 Å². The van der Waals surface area contributed by atoms with E-state index >= 15 is 0 Å². The molecule has 1 aromatic carbocycles. The van der Waals surface area contributed by atoms with Gasteiger partial charge in [-0.25, -0.2) is 4.39 Å². The van der Waals surface area contributed by atoms with Gasteiger partial charge in [-0.3, -0.25) is 19.3 Å². The smallest absolute Gasteiger partial charge is 0.229 e. The summed E-state index contributed by atoms with van der Waals surface area (Å²) < 4.78 is 13.2. The molecule has 0 radical (unpaired) electrons. The van der Waals surface area contributed by atoms with Gasteiger partial charge >= 0.3 is 0 Å². The van der Waals surface area contributed by atoms with Gasteiger partial charge in [-0.05, 0) is 29.1 Å². The van der Waals surface area contributed by atoms with E-state index in [2.05, 4.69) is 5.32 Å². The fourth-order valence-electron chi connectivity index (χ4n) is 2.75. The zero-order chi connectivity index (χ0) is 17.8. The lowest BCUT2D eigenvalue weighted by Crippen LogP contribution is -2.35. The monoisotopic (exact) mass is 360 g/mol. The molecule has 25 heavy (non-hydrogen) atoms. The lowest BCUT2D eigenvalue weighted by molar-refractivity contribution is -0.138. The number of halogens is 1. The van der Waals surface area contributed by atoms with Crippen LogP contribution in [0.5, 0.6) is 0 Å². The van der Waals surface area contributed by atoms with Crippen LogP contribution >= 0.6 is 11.3 Å². The molecule has 5 nitrogen and oxygen atoms in total. The standard InChI is InChI=1S/C18H17FN2O3S/c19-13-5-3-12(4-6-13)18(14-2-1-11-25-14)20-15(22)9-10-21-16(23)7-8-17(21)24/h1-6,11,18H,7-10H2,(H,20,22). The molecule has 2 aromatic rings. The molecule has 1 aromatic heterocycles. The van der Waals surface area contributed by atoms with Crippen molar-refractivity contribution in [1.82, 2.24) is 10.2 Å². The Morgan fingerprint density at radius 3 is 2.44 bits per heavy atom. The van der Waals surface area contributed by atoms with Crippen molar-refractivity contribution in [3.8, 4) is 0 Å². The molecule has 2 heterocycles. The maximum atomic E-state index is 13.2. The summed E-state index contributed by atoms with van der Waals surface area (Å²) >= 11 is 1.49. The van der Waals surface area contributed by atoms with Gasteiger partial charge in [0.1, 0.15) is 5.82 Å². The summed E-state index contributed by atoms with van der Waals surface area (Å²) in [5, 5.41) is 4.81. The number of nitrogens with zero attached hydrogens (tertiary/aromatic N) is 1. The van der Waals surface area contributed by atoms with Crippen molar-refractivity contribution in [1.29, 1.82) is 0 Å². The second kappa shape index (κ2) is 7.57. The first kappa shape index (κ1) is 17.3. The second-order valence-corrected chi connectivity index (χ2v) is 6.74. The van der Waals surface area contributed by atoms with Gasteiger partial charge in [0.25, 0.3) is 0 Å². The molecule has 1 atom stereocenters. The van der Waals surface area contributed by atoms with Crippen molar-refractivity contribution >= 4 is 29.1 Å². The van der Waals surface area contributed by atoms with Crippen LogP contribution < -0.4 is 5.32 Å². The van der Waals surface area contributed by atoms with E-state index in [-0.39, 0.29) is 49.3 Å². The number of thiophene rings is 1. The average molecular weight is 360 g/mol.